The zero-order valence-electron chi connectivity index (χ0n) is 14.5. The molecule has 0 aromatic heterocycles. The average Bonchev–Trinajstić information content (AvgIpc) is 2.60. The molecule has 1 N–H and O–H groups in total. The minimum absolute atomic E-state index is 0.325. The summed E-state index contributed by atoms with van der Waals surface area (Å²) in [7, 11) is 3.01. The van der Waals surface area contributed by atoms with Crippen molar-refractivity contribution < 1.29 is 27.4 Å². The van der Waals surface area contributed by atoms with Gasteiger partial charge in [0, 0.05) is 33.5 Å². The van der Waals surface area contributed by atoms with Gasteiger partial charge in [-0.2, -0.15) is 18.4 Å². The van der Waals surface area contributed by atoms with Crippen molar-refractivity contribution in [1.29, 1.82) is 5.26 Å². The number of hydrogen-bond acceptors (Lipinski definition) is 5. The van der Waals surface area contributed by atoms with E-state index in [0.29, 0.717) is 26.3 Å². The van der Waals surface area contributed by atoms with Crippen LogP contribution in [0.1, 0.15) is 5.56 Å². The van der Waals surface area contributed by atoms with Gasteiger partial charge in [-0.15, -0.1) is 0 Å². The van der Waals surface area contributed by atoms with Crippen LogP contribution in [-0.2, 0) is 20.4 Å². The van der Waals surface area contributed by atoms with Crippen molar-refractivity contribution in [3.05, 3.63) is 41.6 Å². The van der Waals surface area contributed by atoms with Crippen LogP contribution in [0.5, 0.6) is 0 Å². The summed E-state index contributed by atoms with van der Waals surface area (Å²) in [5, 5.41) is 11.4. The molecule has 1 aromatic carbocycles. The predicted octanol–water partition coefficient (Wildman–Crippen LogP) is 2.65. The van der Waals surface area contributed by atoms with Gasteiger partial charge in [0.1, 0.15) is 11.6 Å². The van der Waals surface area contributed by atoms with Crippen LogP contribution >= 0.6 is 0 Å². The van der Waals surface area contributed by atoms with Crippen LogP contribution in [0, 0.1) is 11.3 Å². The largest absolute Gasteiger partial charge is 0.418 e. The molecule has 1 rings (SSSR count). The molecule has 9 heteroatoms. The van der Waals surface area contributed by atoms with Crippen molar-refractivity contribution in [2.45, 2.75) is 6.18 Å². The highest BCUT2D eigenvalue weighted by atomic mass is 19.4. The number of halogens is 3. The van der Waals surface area contributed by atoms with E-state index in [4.69, 9.17) is 9.47 Å². The summed E-state index contributed by atoms with van der Waals surface area (Å²) in [4.78, 5) is 13.9. The topological polar surface area (TPSA) is 74.6 Å². The molecule has 26 heavy (non-hydrogen) atoms. The Labute approximate surface area is 149 Å². The van der Waals surface area contributed by atoms with Crippen molar-refractivity contribution in [2.24, 2.45) is 0 Å². The highest BCUT2D eigenvalue weighted by Gasteiger charge is 2.33. The Hall–Kier alpha value is -2.57. The van der Waals surface area contributed by atoms with E-state index in [-0.39, 0.29) is 5.57 Å². The standard InChI is InChI=1S/C17H20F3N3O3/c1-25-9-7-23(8-10-26-2)12-13(11-21)16(24)22-15-6-4-3-5-14(15)17(18,19)20/h3-6,12H,7-10H2,1-2H3,(H,22,24)/b13-12-. The van der Waals surface area contributed by atoms with Gasteiger partial charge in [0.05, 0.1) is 24.5 Å². The van der Waals surface area contributed by atoms with E-state index in [1.165, 1.54) is 32.6 Å². The van der Waals surface area contributed by atoms with E-state index in [1.54, 1.807) is 11.0 Å². The number of amides is 1. The van der Waals surface area contributed by atoms with Crippen LogP contribution < -0.4 is 5.32 Å². The molecular formula is C17H20F3N3O3. The van der Waals surface area contributed by atoms with Gasteiger partial charge < -0.3 is 19.7 Å². The Kier molecular flexibility index (Phi) is 8.61. The first-order valence-electron chi connectivity index (χ1n) is 7.65. The number of carbonyl (C=O) groups is 1. The number of benzene rings is 1. The highest BCUT2D eigenvalue weighted by Crippen LogP contribution is 2.34. The average molecular weight is 371 g/mol. The first-order valence-corrected chi connectivity index (χ1v) is 7.65. The third kappa shape index (κ3) is 6.74. The Morgan fingerprint density at radius 1 is 1.23 bits per heavy atom. The normalized spacial score (nSPS) is 11.8. The van der Waals surface area contributed by atoms with Crippen LogP contribution in [-0.4, -0.2) is 51.3 Å². The molecule has 142 valence electrons. The lowest BCUT2D eigenvalue weighted by atomic mass is 10.1. The second-order valence-corrected chi connectivity index (χ2v) is 5.17. The minimum Gasteiger partial charge on any atom is -0.383 e. The molecule has 0 aliphatic carbocycles. The molecule has 1 aromatic rings. The molecule has 0 saturated carbocycles. The number of nitriles is 1. The van der Waals surface area contributed by atoms with Crippen molar-refractivity contribution in [3.63, 3.8) is 0 Å². The van der Waals surface area contributed by atoms with E-state index in [1.807, 2.05) is 0 Å². The number of anilines is 1. The first-order chi connectivity index (χ1) is 12.3. The second-order valence-electron chi connectivity index (χ2n) is 5.17. The fraction of sp³-hybridized carbons (Fsp3) is 0.412. The summed E-state index contributed by atoms with van der Waals surface area (Å²) in [6.45, 7) is 1.46. The maximum absolute atomic E-state index is 13.0. The molecule has 0 bridgehead atoms. The number of rotatable bonds is 9. The van der Waals surface area contributed by atoms with Crippen LogP contribution in [0.4, 0.5) is 18.9 Å². The summed E-state index contributed by atoms with van der Waals surface area (Å²) < 4.78 is 48.9. The third-order valence-electron chi connectivity index (χ3n) is 3.32. The summed E-state index contributed by atoms with van der Waals surface area (Å²) in [5.41, 5.74) is -1.72. The maximum Gasteiger partial charge on any atom is 0.418 e. The van der Waals surface area contributed by atoms with E-state index < -0.39 is 23.3 Å². The number of methoxy groups -OCH3 is 2. The quantitative estimate of drug-likeness (QED) is 0.534. The zero-order valence-corrected chi connectivity index (χ0v) is 14.5. The lowest BCUT2D eigenvalue weighted by Gasteiger charge is -2.20. The molecule has 0 unspecified atom stereocenters. The number of hydrogen-bond donors (Lipinski definition) is 1. The lowest BCUT2D eigenvalue weighted by molar-refractivity contribution is -0.137. The summed E-state index contributed by atoms with van der Waals surface area (Å²) in [6.07, 6.45) is -3.34. The summed E-state index contributed by atoms with van der Waals surface area (Å²) in [6, 6.07) is 6.28. The van der Waals surface area contributed by atoms with Gasteiger partial charge in [0.2, 0.25) is 0 Å². The third-order valence-corrected chi connectivity index (χ3v) is 3.32. The van der Waals surface area contributed by atoms with E-state index in [2.05, 4.69) is 5.32 Å². The second kappa shape index (κ2) is 10.4. The molecule has 0 saturated heterocycles. The van der Waals surface area contributed by atoms with Gasteiger partial charge in [0.15, 0.2) is 0 Å². The molecule has 6 nitrogen and oxygen atoms in total. The molecule has 1 amide bonds. The van der Waals surface area contributed by atoms with Crippen LogP contribution in [0.15, 0.2) is 36.0 Å². The Morgan fingerprint density at radius 2 is 1.81 bits per heavy atom. The Bertz CT molecular complexity index is 661. The Morgan fingerprint density at radius 3 is 2.31 bits per heavy atom. The number of nitrogens with one attached hydrogen (secondary N) is 1. The summed E-state index contributed by atoms with van der Waals surface area (Å²) in [5.74, 6) is -0.927. The molecule has 0 aliphatic heterocycles. The van der Waals surface area contributed by atoms with Crippen LogP contribution in [0.2, 0.25) is 0 Å². The van der Waals surface area contributed by atoms with Crippen molar-refractivity contribution in [1.82, 2.24) is 4.90 Å². The number of para-hydroxylation sites is 1. The first kappa shape index (κ1) is 21.5. The number of ether oxygens (including phenoxy) is 2. The van der Waals surface area contributed by atoms with Gasteiger partial charge in [0.25, 0.3) is 5.91 Å². The van der Waals surface area contributed by atoms with E-state index in [0.717, 1.165) is 12.1 Å². The Balaban J connectivity index is 3.00. The van der Waals surface area contributed by atoms with Crippen LogP contribution in [0.25, 0.3) is 0 Å². The van der Waals surface area contributed by atoms with Crippen molar-refractivity contribution in [3.8, 4) is 6.07 Å². The van der Waals surface area contributed by atoms with Gasteiger partial charge in [-0.1, -0.05) is 12.1 Å². The number of nitrogens with zero attached hydrogens (tertiary/aromatic N) is 2. The van der Waals surface area contributed by atoms with E-state index in [9.17, 15) is 23.2 Å². The lowest BCUT2D eigenvalue weighted by Crippen LogP contribution is -2.28. The SMILES string of the molecule is COCCN(/C=C(/C#N)C(=O)Nc1ccccc1C(F)(F)F)CCOC. The maximum atomic E-state index is 13.0. The molecule has 0 radical (unpaired) electrons. The summed E-state index contributed by atoms with van der Waals surface area (Å²) >= 11 is 0. The molecule has 0 atom stereocenters. The number of alkyl halides is 3. The van der Waals surface area contributed by atoms with E-state index >= 15 is 0 Å². The highest BCUT2D eigenvalue weighted by molar-refractivity contribution is 6.06. The predicted molar refractivity (Wildman–Crippen MR) is 89.1 cm³/mol. The molecule has 0 spiro atoms. The van der Waals surface area contributed by atoms with Gasteiger partial charge in [-0.25, -0.2) is 0 Å². The van der Waals surface area contributed by atoms with Gasteiger partial charge in [-0.05, 0) is 12.1 Å². The van der Waals surface area contributed by atoms with Gasteiger partial charge in [-0.3, -0.25) is 4.79 Å². The molecule has 0 aliphatic rings. The smallest absolute Gasteiger partial charge is 0.383 e. The van der Waals surface area contributed by atoms with Gasteiger partial charge >= 0.3 is 6.18 Å². The fourth-order valence-corrected chi connectivity index (χ4v) is 2.01. The molecular weight excluding hydrogens is 351 g/mol. The monoisotopic (exact) mass is 371 g/mol. The number of carbonyl (C=O) groups excluding carboxylic acids is 1. The van der Waals surface area contributed by atoms with Crippen LogP contribution in [0.3, 0.4) is 0 Å². The molecule has 0 fully saturated rings. The minimum atomic E-state index is -4.62. The zero-order chi connectivity index (χ0) is 19.6. The molecule has 0 heterocycles. The van der Waals surface area contributed by atoms with Crippen molar-refractivity contribution >= 4 is 11.6 Å². The fourth-order valence-electron chi connectivity index (χ4n) is 2.01. The van der Waals surface area contributed by atoms with Crippen molar-refractivity contribution in [2.75, 3.05) is 45.8 Å².